The number of fused-ring (bicyclic) bond motifs is 15. The van der Waals surface area contributed by atoms with Crippen LogP contribution in [0.3, 0.4) is 0 Å². The summed E-state index contributed by atoms with van der Waals surface area (Å²) in [6.45, 7) is 0. The molecular weight excluding hydrogens is 511 g/mol. The Labute approximate surface area is 229 Å². The lowest BCUT2D eigenvalue weighted by Gasteiger charge is -2.33. The predicted octanol–water partition coefficient (Wildman–Crippen LogP) is 9.74. The molecule has 0 saturated heterocycles. The third kappa shape index (κ3) is 2.25. The molecule has 1 heterocycles. The number of rotatable bonds is 0. The molecule has 0 bridgehead atoms. The van der Waals surface area contributed by atoms with Gasteiger partial charge < -0.3 is 0 Å². The highest BCUT2D eigenvalue weighted by molar-refractivity contribution is 7.19. The van der Waals surface area contributed by atoms with E-state index in [9.17, 15) is 0 Å². The van der Waals surface area contributed by atoms with Crippen LogP contribution in [-0.2, 0) is 10.8 Å². The molecule has 0 amide bonds. The van der Waals surface area contributed by atoms with Gasteiger partial charge in [-0.2, -0.15) is 0 Å². The van der Waals surface area contributed by atoms with E-state index in [1.807, 2.05) is 23.5 Å². The fourth-order valence-corrected chi connectivity index (χ4v) is 9.33. The van der Waals surface area contributed by atoms with Crippen molar-refractivity contribution in [3.05, 3.63) is 152 Å². The van der Waals surface area contributed by atoms with Gasteiger partial charge >= 0.3 is 0 Å². The highest BCUT2D eigenvalue weighted by atomic mass is 35.5. The van der Waals surface area contributed by atoms with Gasteiger partial charge in [-0.3, -0.25) is 0 Å². The molecular formula is C34H18Cl2S. The van der Waals surface area contributed by atoms with E-state index in [4.69, 9.17) is 23.2 Å². The fourth-order valence-electron chi connectivity index (χ4n) is 7.46. The van der Waals surface area contributed by atoms with Crippen LogP contribution in [0.15, 0.2) is 97.1 Å². The zero-order valence-corrected chi connectivity index (χ0v) is 21.9. The van der Waals surface area contributed by atoms with Crippen molar-refractivity contribution >= 4 is 46.7 Å². The van der Waals surface area contributed by atoms with E-state index in [1.165, 1.54) is 65.4 Å². The van der Waals surface area contributed by atoms with Gasteiger partial charge in [0.2, 0.25) is 0 Å². The summed E-state index contributed by atoms with van der Waals surface area (Å²) in [7, 11) is 0. The second-order valence-corrected chi connectivity index (χ2v) is 12.2. The Balaban J connectivity index is 1.46. The van der Waals surface area contributed by atoms with E-state index in [-0.39, 0.29) is 10.8 Å². The lowest BCUT2D eigenvalue weighted by atomic mass is 9.67. The van der Waals surface area contributed by atoms with E-state index in [2.05, 4.69) is 97.1 Å². The molecule has 4 aromatic carbocycles. The maximum Gasteiger partial charge on any atom is 0.0665 e. The van der Waals surface area contributed by atoms with Crippen molar-refractivity contribution in [1.82, 2.24) is 0 Å². The van der Waals surface area contributed by atoms with Gasteiger partial charge in [-0.25, -0.2) is 0 Å². The lowest BCUT2D eigenvalue weighted by Crippen LogP contribution is -2.29. The molecule has 3 heteroatoms. The molecule has 2 spiro atoms. The Morgan fingerprint density at radius 1 is 0.514 bits per heavy atom. The summed E-state index contributed by atoms with van der Waals surface area (Å²) >= 11 is 14.9. The van der Waals surface area contributed by atoms with Crippen LogP contribution < -0.4 is 0 Å². The molecule has 4 aliphatic rings. The van der Waals surface area contributed by atoms with Crippen molar-refractivity contribution in [1.29, 1.82) is 0 Å². The number of hydrogen-bond donors (Lipinski definition) is 0. The molecule has 37 heavy (non-hydrogen) atoms. The number of benzene rings is 4. The van der Waals surface area contributed by atoms with E-state index in [0.29, 0.717) is 0 Å². The summed E-state index contributed by atoms with van der Waals surface area (Å²) < 4.78 is 0. The molecule has 1 aromatic heterocycles. The standard InChI is InChI=1S/C34H18Cl2S/c35-21-9-11-25-19(17-21)13-15-33(25)27-7-3-1-5-23(27)31-29(33)30-32(37-31)24-6-2-4-8-28(24)34(30)16-14-20-18-22(36)10-12-26(20)34/h1-18H/t33-,34+. The molecule has 174 valence electrons. The third-order valence-corrected chi connectivity index (χ3v) is 10.5. The topological polar surface area (TPSA) is 0 Å². The smallest absolute Gasteiger partial charge is 0.0665 e. The Morgan fingerprint density at radius 3 is 1.46 bits per heavy atom. The van der Waals surface area contributed by atoms with E-state index in [0.717, 1.165) is 10.0 Å². The summed E-state index contributed by atoms with van der Waals surface area (Å²) in [4.78, 5) is 2.77. The van der Waals surface area contributed by atoms with Crippen molar-refractivity contribution in [3.8, 4) is 20.9 Å². The Kier molecular flexibility index (Phi) is 3.76. The summed E-state index contributed by atoms with van der Waals surface area (Å²) in [5, 5.41) is 1.55. The van der Waals surface area contributed by atoms with Crippen LogP contribution in [0.5, 0.6) is 0 Å². The van der Waals surface area contributed by atoms with Gasteiger partial charge in [-0.15, -0.1) is 11.3 Å². The molecule has 4 aliphatic carbocycles. The molecule has 0 saturated carbocycles. The minimum atomic E-state index is -0.339. The molecule has 5 aromatic rings. The van der Waals surface area contributed by atoms with Gasteiger partial charge in [0.1, 0.15) is 0 Å². The van der Waals surface area contributed by atoms with Gasteiger partial charge in [-0.1, -0.05) is 108 Å². The number of halogens is 2. The van der Waals surface area contributed by atoms with Crippen LogP contribution in [0, 0.1) is 0 Å². The zero-order valence-electron chi connectivity index (χ0n) is 19.6. The van der Waals surface area contributed by atoms with Crippen molar-refractivity contribution in [2.24, 2.45) is 0 Å². The first-order valence-electron chi connectivity index (χ1n) is 12.5. The minimum absolute atomic E-state index is 0.339. The Bertz CT molecular complexity index is 1790. The molecule has 0 fully saturated rings. The molecule has 0 unspecified atom stereocenters. The fraction of sp³-hybridized carbons (Fsp3) is 0.0588. The number of thiophene rings is 1. The van der Waals surface area contributed by atoms with Crippen LogP contribution in [-0.4, -0.2) is 0 Å². The summed E-state index contributed by atoms with van der Waals surface area (Å²) in [5.74, 6) is 0. The highest BCUT2D eigenvalue weighted by Gasteiger charge is 2.56. The maximum absolute atomic E-state index is 6.47. The Morgan fingerprint density at radius 2 is 0.973 bits per heavy atom. The first-order valence-corrected chi connectivity index (χ1v) is 14.1. The van der Waals surface area contributed by atoms with Gasteiger partial charge in [-0.05, 0) is 79.9 Å². The van der Waals surface area contributed by atoms with Crippen LogP contribution in [0.4, 0.5) is 0 Å². The maximum atomic E-state index is 6.47. The van der Waals surface area contributed by atoms with Gasteiger partial charge in [0.15, 0.2) is 0 Å². The van der Waals surface area contributed by atoms with E-state index in [1.54, 1.807) is 0 Å². The molecule has 9 rings (SSSR count). The zero-order chi connectivity index (χ0) is 24.5. The van der Waals surface area contributed by atoms with Crippen molar-refractivity contribution < 1.29 is 0 Å². The summed E-state index contributed by atoms with van der Waals surface area (Å²) in [6, 6.07) is 30.7. The average molecular weight is 529 g/mol. The summed E-state index contributed by atoms with van der Waals surface area (Å²) in [5.41, 5.74) is 12.6. The SMILES string of the molecule is Clc1ccc2c(c1)C=C[C@@]21c2ccccc2-c2sc3c(c21)[C@@]1(C=Cc2cc(Cl)ccc21)c1ccccc1-3. The van der Waals surface area contributed by atoms with Crippen molar-refractivity contribution in [3.63, 3.8) is 0 Å². The van der Waals surface area contributed by atoms with Crippen LogP contribution in [0.1, 0.15) is 44.5 Å². The van der Waals surface area contributed by atoms with E-state index >= 15 is 0 Å². The van der Waals surface area contributed by atoms with Crippen LogP contribution >= 0.6 is 34.5 Å². The van der Waals surface area contributed by atoms with Crippen LogP contribution in [0.25, 0.3) is 33.0 Å². The highest BCUT2D eigenvalue weighted by Crippen LogP contribution is 2.69. The van der Waals surface area contributed by atoms with Crippen molar-refractivity contribution in [2.45, 2.75) is 10.8 Å². The first kappa shape index (κ1) is 20.7. The van der Waals surface area contributed by atoms with Gasteiger partial charge in [0.25, 0.3) is 0 Å². The largest absolute Gasteiger partial charge is 0.134 e. The monoisotopic (exact) mass is 528 g/mol. The third-order valence-electron chi connectivity index (χ3n) is 8.79. The quantitative estimate of drug-likeness (QED) is 0.187. The number of allylic oxidation sites excluding steroid dienone is 2. The average Bonchev–Trinajstić information content (AvgIpc) is 3.69. The van der Waals surface area contributed by atoms with Crippen molar-refractivity contribution in [2.75, 3.05) is 0 Å². The number of hydrogen-bond acceptors (Lipinski definition) is 1. The molecule has 0 aliphatic heterocycles. The summed E-state index contributed by atoms with van der Waals surface area (Å²) in [6.07, 6.45) is 9.38. The predicted molar refractivity (Wildman–Crippen MR) is 156 cm³/mol. The van der Waals surface area contributed by atoms with Crippen LogP contribution in [0.2, 0.25) is 10.0 Å². The molecule has 0 nitrogen and oxygen atoms in total. The van der Waals surface area contributed by atoms with E-state index < -0.39 is 0 Å². The van der Waals surface area contributed by atoms with Gasteiger partial charge in [0.05, 0.1) is 10.8 Å². The molecule has 0 radical (unpaired) electrons. The first-order chi connectivity index (χ1) is 18.1. The normalized spacial score (nSPS) is 22.3. The lowest BCUT2D eigenvalue weighted by molar-refractivity contribution is 0.755. The van der Waals surface area contributed by atoms with Gasteiger partial charge in [0, 0.05) is 19.8 Å². The minimum Gasteiger partial charge on any atom is -0.134 e. The second-order valence-electron chi connectivity index (χ2n) is 10.3. The molecule has 0 N–H and O–H groups in total. The molecule has 2 atom stereocenters. The second kappa shape index (κ2) is 6.74. The Hall–Kier alpha value is -3.36.